The zero-order valence-corrected chi connectivity index (χ0v) is 10.2. The Bertz CT molecular complexity index is 407. The number of hydrogen-bond acceptors (Lipinski definition) is 4. The third-order valence-electron chi connectivity index (χ3n) is 1.98. The van der Waals surface area contributed by atoms with Crippen molar-refractivity contribution in [3.05, 3.63) is 15.6 Å². The molecular formula is C9H11BrN2O3. The molecule has 0 aliphatic heterocycles. The summed E-state index contributed by atoms with van der Waals surface area (Å²) in [5.41, 5.74) is 0.768. The predicted molar refractivity (Wildman–Crippen MR) is 59.7 cm³/mol. The van der Waals surface area contributed by atoms with Crippen molar-refractivity contribution < 1.29 is 14.6 Å². The van der Waals surface area contributed by atoms with Crippen molar-refractivity contribution in [3.8, 4) is 5.88 Å². The molecule has 0 atom stereocenters. The summed E-state index contributed by atoms with van der Waals surface area (Å²) in [7, 11) is 3.09. The van der Waals surface area contributed by atoms with E-state index in [9.17, 15) is 4.79 Å². The molecule has 0 spiro atoms. The maximum absolute atomic E-state index is 11.0. The lowest BCUT2D eigenvalue weighted by Gasteiger charge is -2.12. The molecule has 0 saturated carbocycles. The van der Waals surface area contributed by atoms with Crippen molar-refractivity contribution in [1.29, 1.82) is 0 Å². The molecular weight excluding hydrogens is 264 g/mol. The SMILES string of the molecule is CNc1nc(OC)c(C(=O)O)c(Br)c1C. The molecule has 0 bridgehead atoms. The molecule has 1 aromatic heterocycles. The summed E-state index contributed by atoms with van der Waals surface area (Å²) in [4.78, 5) is 15.0. The fourth-order valence-corrected chi connectivity index (χ4v) is 1.73. The lowest BCUT2D eigenvalue weighted by molar-refractivity contribution is 0.0691. The Balaban J connectivity index is 3.51. The van der Waals surface area contributed by atoms with Gasteiger partial charge in [-0.25, -0.2) is 4.79 Å². The van der Waals surface area contributed by atoms with E-state index in [0.717, 1.165) is 5.56 Å². The number of hydrogen-bond donors (Lipinski definition) is 2. The molecule has 0 radical (unpaired) electrons. The largest absolute Gasteiger partial charge is 0.480 e. The van der Waals surface area contributed by atoms with Crippen LogP contribution in [-0.4, -0.2) is 30.2 Å². The Hall–Kier alpha value is -1.30. The number of pyridine rings is 1. The van der Waals surface area contributed by atoms with Gasteiger partial charge in [0.15, 0.2) is 0 Å². The van der Waals surface area contributed by atoms with Gasteiger partial charge in [0.25, 0.3) is 0 Å². The van der Waals surface area contributed by atoms with Crippen molar-refractivity contribution in [1.82, 2.24) is 4.98 Å². The van der Waals surface area contributed by atoms with Crippen LogP contribution < -0.4 is 10.1 Å². The number of nitrogens with zero attached hydrogens (tertiary/aromatic N) is 1. The molecule has 0 aliphatic carbocycles. The zero-order chi connectivity index (χ0) is 11.6. The maximum Gasteiger partial charge on any atom is 0.342 e. The monoisotopic (exact) mass is 274 g/mol. The first-order valence-corrected chi connectivity index (χ1v) is 4.97. The number of rotatable bonds is 3. The Morgan fingerprint density at radius 3 is 2.60 bits per heavy atom. The smallest absolute Gasteiger partial charge is 0.342 e. The number of methoxy groups -OCH3 is 1. The molecule has 1 rings (SSSR count). The van der Waals surface area contributed by atoms with E-state index >= 15 is 0 Å². The summed E-state index contributed by atoms with van der Waals surface area (Å²) in [5.74, 6) is -0.398. The fraction of sp³-hybridized carbons (Fsp3) is 0.333. The van der Waals surface area contributed by atoms with Crippen LogP contribution in [0.4, 0.5) is 5.82 Å². The number of halogens is 1. The van der Waals surface area contributed by atoms with E-state index in [2.05, 4.69) is 26.2 Å². The van der Waals surface area contributed by atoms with E-state index in [4.69, 9.17) is 9.84 Å². The van der Waals surface area contributed by atoms with E-state index in [0.29, 0.717) is 10.3 Å². The van der Waals surface area contributed by atoms with Crippen LogP contribution in [0.15, 0.2) is 4.47 Å². The fourth-order valence-electron chi connectivity index (χ4n) is 1.20. The number of carboxylic acid groups (broad SMARTS) is 1. The van der Waals surface area contributed by atoms with E-state index < -0.39 is 5.97 Å². The highest BCUT2D eigenvalue weighted by atomic mass is 79.9. The second kappa shape index (κ2) is 4.48. The van der Waals surface area contributed by atoms with Crippen LogP contribution in [0, 0.1) is 6.92 Å². The lowest BCUT2D eigenvalue weighted by atomic mass is 10.2. The molecule has 2 N–H and O–H groups in total. The van der Waals surface area contributed by atoms with Gasteiger partial charge in [-0.1, -0.05) is 0 Å². The Kier molecular flexibility index (Phi) is 3.52. The van der Waals surface area contributed by atoms with Gasteiger partial charge in [0.1, 0.15) is 11.4 Å². The summed E-state index contributed by atoms with van der Waals surface area (Å²) in [6.07, 6.45) is 0. The van der Waals surface area contributed by atoms with Crippen LogP contribution in [0.1, 0.15) is 15.9 Å². The number of carbonyl (C=O) groups is 1. The first kappa shape index (κ1) is 11.8. The summed E-state index contributed by atoms with van der Waals surface area (Å²) in [6, 6.07) is 0. The molecule has 6 heteroatoms. The van der Waals surface area contributed by atoms with E-state index in [1.54, 1.807) is 14.0 Å². The number of anilines is 1. The van der Waals surface area contributed by atoms with Crippen molar-refractivity contribution in [3.63, 3.8) is 0 Å². The second-order valence-electron chi connectivity index (χ2n) is 2.84. The number of ether oxygens (including phenoxy) is 1. The number of aromatic carboxylic acids is 1. The van der Waals surface area contributed by atoms with Gasteiger partial charge >= 0.3 is 5.97 Å². The minimum Gasteiger partial charge on any atom is -0.480 e. The average Bonchev–Trinajstić information content (AvgIpc) is 2.20. The van der Waals surface area contributed by atoms with Crippen molar-refractivity contribution in [2.45, 2.75) is 6.92 Å². The predicted octanol–water partition coefficient (Wildman–Crippen LogP) is 1.90. The highest BCUT2D eigenvalue weighted by molar-refractivity contribution is 9.10. The third kappa shape index (κ3) is 2.04. The normalized spacial score (nSPS) is 9.87. The molecule has 0 aliphatic rings. The molecule has 0 fully saturated rings. The van der Waals surface area contributed by atoms with Gasteiger partial charge in [0, 0.05) is 17.1 Å². The Morgan fingerprint density at radius 1 is 1.60 bits per heavy atom. The highest BCUT2D eigenvalue weighted by Gasteiger charge is 2.20. The van der Waals surface area contributed by atoms with E-state index in [1.165, 1.54) is 7.11 Å². The van der Waals surface area contributed by atoms with Crippen molar-refractivity contribution >= 4 is 27.7 Å². The molecule has 0 saturated heterocycles. The van der Waals surface area contributed by atoms with Gasteiger partial charge in [0.05, 0.1) is 7.11 Å². The number of carboxylic acids is 1. The molecule has 82 valence electrons. The quantitative estimate of drug-likeness (QED) is 0.881. The Morgan fingerprint density at radius 2 is 2.20 bits per heavy atom. The maximum atomic E-state index is 11.0. The van der Waals surface area contributed by atoms with Crippen molar-refractivity contribution in [2.24, 2.45) is 0 Å². The van der Waals surface area contributed by atoms with Gasteiger partial charge in [0.2, 0.25) is 5.88 Å². The minimum absolute atomic E-state index is 0.0361. The first-order chi connectivity index (χ1) is 7.02. The molecule has 15 heavy (non-hydrogen) atoms. The molecule has 0 unspecified atom stereocenters. The summed E-state index contributed by atoms with van der Waals surface area (Å²) < 4.78 is 5.40. The number of nitrogens with one attached hydrogen (secondary N) is 1. The number of aromatic nitrogens is 1. The van der Waals surface area contributed by atoms with Gasteiger partial charge < -0.3 is 15.2 Å². The minimum atomic E-state index is -1.07. The molecule has 0 amide bonds. The van der Waals surface area contributed by atoms with Gasteiger partial charge in [-0.2, -0.15) is 4.98 Å². The molecule has 1 heterocycles. The van der Waals surface area contributed by atoms with Crippen LogP contribution in [0.25, 0.3) is 0 Å². The average molecular weight is 275 g/mol. The van der Waals surface area contributed by atoms with Crippen LogP contribution >= 0.6 is 15.9 Å². The van der Waals surface area contributed by atoms with Crippen LogP contribution in [0.2, 0.25) is 0 Å². The van der Waals surface area contributed by atoms with Crippen LogP contribution in [0.3, 0.4) is 0 Å². The molecule has 5 nitrogen and oxygen atoms in total. The van der Waals surface area contributed by atoms with Gasteiger partial charge in [-0.05, 0) is 22.9 Å². The standard InChI is InChI=1S/C9H11BrN2O3/c1-4-6(10)5(9(13)14)8(15-3)12-7(4)11-2/h1-3H3,(H,11,12)(H,13,14). The lowest BCUT2D eigenvalue weighted by Crippen LogP contribution is -2.08. The zero-order valence-electron chi connectivity index (χ0n) is 8.59. The van der Waals surface area contributed by atoms with Crippen molar-refractivity contribution in [2.75, 3.05) is 19.5 Å². The third-order valence-corrected chi connectivity index (χ3v) is 2.97. The summed E-state index contributed by atoms with van der Waals surface area (Å²) in [6.45, 7) is 1.77. The summed E-state index contributed by atoms with van der Waals surface area (Å²) in [5, 5.41) is 11.9. The Labute approximate surface area is 95.6 Å². The highest BCUT2D eigenvalue weighted by Crippen LogP contribution is 2.32. The molecule has 0 aromatic carbocycles. The molecule has 1 aromatic rings. The van der Waals surface area contributed by atoms with Crippen LogP contribution in [0.5, 0.6) is 5.88 Å². The van der Waals surface area contributed by atoms with Crippen LogP contribution in [-0.2, 0) is 0 Å². The van der Waals surface area contributed by atoms with E-state index in [1.807, 2.05) is 0 Å². The van der Waals surface area contributed by atoms with Gasteiger partial charge in [-0.3, -0.25) is 0 Å². The van der Waals surface area contributed by atoms with Gasteiger partial charge in [-0.15, -0.1) is 0 Å². The summed E-state index contributed by atoms with van der Waals surface area (Å²) >= 11 is 3.22. The van der Waals surface area contributed by atoms with E-state index in [-0.39, 0.29) is 11.4 Å². The first-order valence-electron chi connectivity index (χ1n) is 4.18. The second-order valence-corrected chi connectivity index (χ2v) is 3.63. The topological polar surface area (TPSA) is 71.5 Å².